The van der Waals surface area contributed by atoms with Crippen molar-refractivity contribution in [3.8, 4) is 11.4 Å². The van der Waals surface area contributed by atoms with Crippen LogP contribution in [0.1, 0.15) is 10.5 Å². The summed E-state index contributed by atoms with van der Waals surface area (Å²) < 4.78 is 60.9. The molecule has 1 heterocycles. The molecule has 0 spiro atoms. The predicted octanol–water partition coefficient (Wildman–Crippen LogP) is 4.21. The fourth-order valence-electron chi connectivity index (χ4n) is 3.09. The lowest BCUT2D eigenvalue weighted by atomic mass is 10.2. The number of benzene rings is 3. The van der Waals surface area contributed by atoms with Crippen LogP contribution in [0.25, 0.3) is 5.69 Å². The van der Waals surface area contributed by atoms with Gasteiger partial charge in [-0.25, -0.2) is 21.9 Å². The summed E-state index contributed by atoms with van der Waals surface area (Å²) in [6.07, 6.45) is 1.51. The van der Waals surface area contributed by atoms with E-state index in [0.717, 1.165) is 24.3 Å². The average molecular weight is 484 g/mol. The summed E-state index contributed by atoms with van der Waals surface area (Å²) >= 11 is 0. The second-order valence-electron chi connectivity index (χ2n) is 7.05. The van der Waals surface area contributed by atoms with Gasteiger partial charge in [0.05, 0.1) is 23.4 Å². The van der Waals surface area contributed by atoms with Crippen LogP contribution in [0, 0.1) is 11.6 Å². The lowest BCUT2D eigenvalue weighted by molar-refractivity contribution is 0.102. The quantitative estimate of drug-likeness (QED) is 0.409. The Hall–Kier alpha value is -4.25. The SMILES string of the molecule is COc1ccc(NC(=O)c2ccn(-c3cccc(F)c3)n2)cc1NS(=O)(=O)c1ccc(F)cc1. The van der Waals surface area contributed by atoms with E-state index in [1.54, 1.807) is 6.07 Å². The normalized spacial score (nSPS) is 11.1. The number of aromatic nitrogens is 2. The molecule has 0 saturated carbocycles. The maximum Gasteiger partial charge on any atom is 0.276 e. The molecule has 34 heavy (non-hydrogen) atoms. The molecule has 11 heteroatoms. The van der Waals surface area contributed by atoms with Crippen molar-refractivity contribution in [2.45, 2.75) is 4.90 Å². The van der Waals surface area contributed by atoms with Crippen LogP contribution in [-0.4, -0.2) is 31.2 Å². The summed E-state index contributed by atoms with van der Waals surface area (Å²) in [4.78, 5) is 12.5. The molecule has 2 N–H and O–H groups in total. The van der Waals surface area contributed by atoms with E-state index in [2.05, 4.69) is 15.1 Å². The molecule has 0 unspecified atom stereocenters. The number of nitrogens with one attached hydrogen (secondary N) is 2. The number of sulfonamides is 1. The number of hydrogen-bond acceptors (Lipinski definition) is 5. The van der Waals surface area contributed by atoms with E-state index in [4.69, 9.17) is 4.74 Å². The van der Waals surface area contributed by atoms with Gasteiger partial charge in [0.2, 0.25) is 0 Å². The smallest absolute Gasteiger partial charge is 0.276 e. The molecule has 0 saturated heterocycles. The van der Waals surface area contributed by atoms with Crippen molar-refractivity contribution in [2.24, 2.45) is 0 Å². The van der Waals surface area contributed by atoms with Crippen LogP contribution in [0.3, 0.4) is 0 Å². The van der Waals surface area contributed by atoms with Gasteiger partial charge in [0, 0.05) is 11.9 Å². The van der Waals surface area contributed by atoms with Crippen molar-refractivity contribution >= 4 is 27.3 Å². The van der Waals surface area contributed by atoms with Gasteiger partial charge in [-0.2, -0.15) is 5.10 Å². The van der Waals surface area contributed by atoms with Gasteiger partial charge in [0.1, 0.15) is 17.4 Å². The van der Waals surface area contributed by atoms with Gasteiger partial charge in [0.15, 0.2) is 5.69 Å². The Morgan fingerprint density at radius 1 is 0.971 bits per heavy atom. The maximum atomic E-state index is 13.5. The third-order valence-electron chi connectivity index (χ3n) is 4.72. The molecule has 1 amide bonds. The van der Waals surface area contributed by atoms with Crippen molar-refractivity contribution in [1.82, 2.24) is 9.78 Å². The molecule has 8 nitrogen and oxygen atoms in total. The molecular weight excluding hydrogens is 466 g/mol. The van der Waals surface area contributed by atoms with Crippen molar-refractivity contribution in [3.05, 3.63) is 96.3 Å². The molecule has 4 aromatic rings. The standard InChI is InChI=1S/C23H18F2N4O4S/c1-33-22-10-7-17(14-21(22)28-34(31,32)19-8-5-15(24)6-9-19)26-23(30)20-11-12-29(27-20)18-4-2-3-16(25)13-18/h2-14,28H,1H3,(H,26,30). The fourth-order valence-corrected chi connectivity index (χ4v) is 4.15. The summed E-state index contributed by atoms with van der Waals surface area (Å²) in [5.74, 6) is -1.36. The van der Waals surface area contributed by atoms with E-state index in [1.165, 1.54) is 60.5 Å². The van der Waals surface area contributed by atoms with E-state index < -0.39 is 27.6 Å². The van der Waals surface area contributed by atoms with Gasteiger partial charge in [-0.3, -0.25) is 9.52 Å². The lowest BCUT2D eigenvalue weighted by Crippen LogP contribution is -2.15. The minimum absolute atomic E-state index is 0.0634. The third-order valence-corrected chi connectivity index (χ3v) is 6.10. The monoisotopic (exact) mass is 484 g/mol. The number of halogens is 2. The van der Waals surface area contributed by atoms with Crippen molar-refractivity contribution in [3.63, 3.8) is 0 Å². The van der Waals surface area contributed by atoms with Gasteiger partial charge in [-0.1, -0.05) is 6.07 Å². The van der Waals surface area contributed by atoms with Crippen LogP contribution in [0.15, 0.2) is 83.9 Å². The van der Waals surface area contributed by atoms with Crippen LogP contribution >= 0.6 is 0 Å². The van der Waals surface area contributed by atoms with Gasteiger partial charge >= 0.3 is 0 Å². The Bertz CT molecular complexity index is 1450. The third kappa shape index (κ3) is 5.04. The molecule has 0 atom stereocenters. The Kier molecular flexibility index (Phi) is 6.28. The molecular formula is C23H18F2N4O4S. The number of hydrogen-bond donors (Lipinski definition) is 2. The van der Waals surface area contributed by atoms with Crippen LogP contribution in [0.5, 0.6) is 5.75 Å². The summed E-state index contributed by atoms with van der Waals surface area (Å²) in [7, 11) is -2.68. The molecule has 3 aromatic carbocycles. The van der Waals surface area contributed by atoms with E-state index in [0.29, 0.717) is 5.69 Å². The Balaban J connectivity index is 1.55. The van der Waals surface area contributed by atoms with Gasteiger partial charge < -0.3 is 10.1 Å². The summed E-state index contributed by atoms with van der Waals surface area (Å²) in [5, 5.41) is 6.78. The van der Waals surface area contributed by atoms with Crippen molar-refractivity contribution in [1.29, 1.82) is 0 Å². The van der Waals surface area contributed by atoms with Gasteiger partial charge in [0.25, 0.3) is 15.9 Å². The fraction of sp³-hybridized carbons (Fsp3) is 0.0435. The Morgan fingerprint density at radius 3 is 2.44 bits per heavy atom. The molecule has 0 aliphatic rings. The molecule has 1 aromatic heterocycles. The van der Waals surface area contributed by atoms with Crippen molar-refractivity contribution < 1.29 is 26.7 Å². The highest BCUT2D eigenvalue weighted by atomic mass is 32.2. The second-order valence-corrected chi connectivity index (χ2v) is 8.74. The molecule has 0 fully saturated rings. The van der Waals surface area contributed by atoms with Crippen LogP contribution in [0.2, 0.25) is 0 Å². The molecule has 0 aliphatic heterocycles. The number of ether oxygens (including phenoxy) is 1. The number of methoxy groups -OCH3 is 1. The maximum absolute atomic E-state index is 13.5. The first-order chi connectivity index (χ1) is 16.2. The largest absolute Gasteiger partial charge is 0.495 e. The van der Waals surface area contributed by atoms with E-state index in [-0.39, 0.29) is 27.7 Å². The summed E-state index contributed by atoms with van der Waals surface area (Å²) in [6.45, 7) is 0. The van der Waals surface area contributed by atoms with Gasteiger partial charge in [-0.15, -0.1) is 0 Å². The van der Waals surface area contributed by atoms with E-state index in [1.807, 2.05) is 0 Å². The highest BCUT2D eigenvalue weighted by Crippen LogP contribution is 2.30. The molecule has 0 aliphatic carbocycles. The number of carbonyl (C=O) groups is 1. The lowest BCUT2D eigenvalue weighted by Gasteiger charge is -2.14. The average Bonchev–Trinajstić information content (AvgIpc) is 3.30. The minimum Gasteiger partial charge on any atom is -0.495 e. The van der Waals surface area contributed by atoms with Gasteiger partial charge in [-0.05, 0) is 66.7 Å². The number of nitrogens with zero attached hydrogens (tertiary/aromatic N) is 2. The molecule has 0 radical (unpaired) electrons. The van der Waals surface area contributed by atoms with Crippen LogP contribution < -0.4 is 14.8 Å². The number of anilines is 2. The molecule has 4 rings (SSSR count). The zero-order valence-electron chi connectivity index (χ0n) is 17.7. The van der Waals surface area contributed by atoms with E-state index in [9.17, 15) is 22.0 Å². The topological polar surface area (TPSA) is 102 Å². The summed E-state index contributed by atoms with van der Waals surface area (Å²) in [6, 6.07) is 15.9. The first-order valence-electron chi connectivity index (χ1n) is 9.84. The number of carbonyl (C=O) groups excluding carboxylic acids is 1. The molecule has 0 bridgehead atoms. The highest BCUT2D eigenvalue weighted by molar-refractivity contribution is 7.92. The first kappa shape index (κ1) is 22.9. The number of rotatable bonds is 7. The Labute approximate surface area is 193 Å². The van der Waals surface area contributed by atoms with E-state index >= 15 is 0 Å². The predicted molar refractivity (Wildman–Crippen MR) is 122 cm³/mol. The highest BCUT2D eigenvalue weighted by Gasteiger charge is 2.18. The zero-order valence-corrected chi connectivity index (χ0v) is 18.5. The van der Waals surface area contributed by atoms with Crippen LogP contribution in [0.4, 0.5) is 20.2 Å². The number of amides is 1. The summed E-state index contributed by atoms with van der Waals surface area (Å²) in [5.41, 5.74) is 0.840. The molecule has 174 valence electrons. The Morgan fingerprint density at radius 2 is 1.74 bits per heavy atom. The first-order valence-corrected chi connectivity index (χ1v) is 11.3. The minimum atomic E-state index is -4.05. The zero-order chi connectivity index (χ0) is 24.3. The van der Waals surface area contributed by atoms with Crippen LogP contribution in [-0.2, 0) is 10.0 Å². The van der Waals surface area contributed by atoms with Crippen molar-refractivity contribution in [2.75, 3.05) is 17.1 Å². The second kappa shape index (κ2) is 9.32.